The summed E-state index contributed by atoms with van der Waals surface area (Å²) in [6.45, 7) is 22.1. The van der Waals surface area contributed by atoms with Gasteiger partial charge in [-0.05, 0) is 233 Å². The Morgan fingerprint density at radius 2 is 0.721 bits per heavy atom. The standard InChI is InChI=1S/C92H78N2O10/c1-89(2)25-29-93-31-27-91(5,6)79-81(93)74(89)45-66-43-69(87(97)103-83(66)79)52-23-21-51(22-24-52)59-36-60(56-19-13-17-54(33-56)55-18-14-20-58(34-55)70-42-65-35-53-15-11-12-16-57(53)47-76(65)101-85(70)95)38-61(37-59)62-39-63(41-64(40-62)72-50-73-77(100-10)48-68(99-9)49-78(73)102-86(72)96)71-44-67-46-75-82-80(84(67)104-88(71)98)92(7,8)28-32-94(82)30-26-90(75,3)4/h11-24,33-50H,25-32H2,1-10H3. The van der Waals surface area contributed by atoms with Gasteiger partial charge in [0.1, 0.15) is 33.8 Å². The summed E-state index contributed by atoms with van der Waals surface area (Å²) in [6, 6.07) is 64.4. The molecule has 4 aliphatic heterocycles. The van der Waals surface area contributed by atoms with E-state index in [-0.39, 0.29) is 32.8 Å². The normalized spacial score (nSPS) is 16.1. The second-order valence-corrected chi connectivity index (χ2v) is 31.7. The number of nitrogens with zero attached hydrogens (tertiary/aromatic N) is 2. The largest absolute Gasteiger partial charge is 0.496 e. The van der Waals surface area contributed by atoms with E-state index in [4.69, 9.17) is 27.1 Å². The van der Waals surface area contributed by atoms with Gasteiger partial charge >= 0.3 is 22.5 Å². The minimum absolute atomic E-state index is 0.0650. The Morgan fingerprint density at radius 3 is 1.27 bits per heavy atom. The van der Waals surface area contributed by atoms with Gasteiger partial charge in [0.2, 0.25) is 0 Å². The molecule has 0 unspecified atom stereocenters. The van der Waals surface area contributed by atoms with Crippen LogP contribution >= 0.6 is 0 Å². The van der Waals surface area contributed by atoms with Crippen LogP contribution < -0.4 is 41.8 Å². The lowest BCUT2D eigenvalue weighted by atomic mass is 9.69. The lowest BCUT2D eigenvalue weighted by molar-refractivity contribution is 0.396. The predicted molar refractivity (Wildman–Crippen MR) is 420 cm³/mol. The quantitative estimate of drug-likeness (QED) is 0.0949. The van der Waals surface area contributed by atoms with Gasteiger partial charge in [-0.15, -0.1) is 0 Å². The van der Waals surface area contributed by atoms with Gasteiger partial charge in [0.25, 0.3) is 0 Å². The number of methoxy groups -OCH3 is 2. The van der Waals surface area contributed by atoms with Gasteiger partial charge in [-0.1, -0.05) is 140 Å². The fourth-order valence-corrected chi connectivity index (χ4v) is 17.2. The number of anilines is 2. The van der Waals surface area contributed by atoms with Crippen molar-refractivity contribution >= 4 is 66.0 Å². The van der Waals surface area contributed by atoms with Crippen LogP contribution in [0.25, 0.3) is 144 Å². The molecule has 4 aromatic heterocycles. The molecule has 0 amide bonds. The predicted octanol–water partition coefficient (Wildman–Crippen LogP) is 21.0. The maximum Gasteiger partial charge on any atom is 0.344 e. The Labute approximate surface area is 601 Å². The summed E-state index contributed by atoms with van der Waals surface area (Å²) in [5.41, 5.74) is 17.4. The molecule has 0 atom stereocenters. The van der Waals surface area contributed by atoms with Crippen molar-refractivity contribution in [2.24, 2.45) is 0 Å². The van der Waals surface area contributed by atoms with Crippen molar-refractivity contribution in [3.8, 4) is 101 Å². The van der Waals surface area contributed by atoms with E-state index in [0.717, 1.165) is 140 Å². The molecule has 18 rings (SSSR count). The molecule has 104 heavy (non-hydrogen) atoms. The van der Waals surface area contributed by atoms with Crippen molar-refractivity contribution in [1.29, 1.82) is 0 Å². The summed E-state index contributed by atoms with van der Waals surface area (Å²) in [5.74, 6) is 0.916. The fraction of sp³-hybridized carbons (Fsp3) is 0.239. The molecule has 0 N–H and O–H groups in total. The van der Waals surface area contributed by atoms with Gasteiger partial charge in [0.15, 0.2) is 0 Å². The van der Waals surface area contributed by atoms with E-state index in [9.17, 15) is 14.4 Å². The monoisotopic (exact) mass is 1370 g/mol. The zero-order chi connectivity index (χ0) is 71.6. The number of hydrogen-bond acceptors (Lipinski definition) is 12. The van der Waals surface area contributed by atoms with Crippen molar-refractivity contribution < 1.29 is 27.1 Å². The molecule has 0 fully saturated rings. The molecule has 0 spiro atoms. The molecule has 0 bridgehead atoms. The van der Waals surface area contributed by atoms with Gasteiger partial charge in [-0.2, -0.15) is 0 Å². The van der Waals surface area contributed by atoms with Crippen molar-refractivity contribution in [3.05, 3.63) is 258 Å². The van der Waals surface area contributed by atoms with Crippen LogP contribution in [0.3, 0.4) is 0 Å². The summed E-state index contributed by atoms with van der Waals surface area (Å²) < 4.78 is 36.9. The minimum Gasteiger partial charge on any atom is -0.496 e. The third-order valence-electron chi connectivity index (χ3n) is 23.4. The average molecular weight is 1370 g/mol. The fourth-order valence-electron chi connectivity index (χ4n) is 17.2. The van der Waals surface area contributed by atoms with Crippen molar-refractivity contribution in [2.45, 2.75) is 103 Å². The highest BCUT2D eigenvalue weighted by Crippen LogP contribution is 2.54. The highest BCUT2D eigenvalue weighted by molar-refractivity contribution is 5.99. The maximum atomic E-state index is 15.3. The second-order valence-electron chi connectivity index (χ2n) is 31.7. The smallest absolute Gasteiger partial charge is 0.344 e. The van der Waals surface area contributed by atoms with E-state index in [2.05, 4.69) is 138 Å². The number of hydrogen-bond donors (Lipinski definition) is 0. The van der Waals surface area contributed by atoms with Gasteiger partial charge < -0.3 is 36.9 Å². The van der Waals surface area contributed by atoms with Crippen LogP contribution in [0.15, 0.2) is 231 Å². The van der Waals surface area contributed by atoms with Gasteiger partial charge in [-0.3, -0.25) is 0 Å². The summed E-state index contributed by atoms with van der Waals surface area (Å²) in [6.07, 6.45) is 3.89. The summed E-state index contributed by atoms with van der Waals surface area (Å²) in [7, 11) is 3.11. The Balaban J connectivity index is 0.820. The Morgan fingerprint density at radius 1 is 0.317 bits per heavy atom. The molecule has 0 saturated carbocycles. The minimum atomic E-state index is -0.597. The van der Waals surface area contributed by atoms with Crippen LogP contribution in [0.5, 0.6) is 11.5 Å². The van der Waals surface area contributed by atoms with E-state index in [1.54, 1.807) is 32.4 Å². The lowest BCUT2D eigenvalue weighted by Gasteiger charge is -2.48. The summed E-state index contributed by atoms with van der Waals surface area (Å²) in [4.78, 5) is 63.5. The van der Waals surface area contributed by atoms with Gasteiger partial charge in [0.05, 0.1) is 41.9 Å². The number of rotatable bonds is 10. The lowest BCUT2D eigenvalue weighted by Crippen LogP contribution is -2.44. The molecule has 10 aromatic carbocycles. The zero-order valence-corrected chi connectivity index (χ0v) is 60.1. The second kappa shape index (κ2) is 23.5. The summed E-state index contributed by atoms with van der Waals surface area (Å²) >= 11 is 0. The van der Waals surface area contributed by atoms with E-state index in [1.807, 2.05) is 103 Å². The molecular formula is C92H78N2O10. The Hall–Kier alpha value is -11.5. The SMILES string of the molecule is COc1cc(OC)c2cc(-c3cc(-c4cc(-c5ccc(-c6cc7cc8c9c(c7oc6=O)C(C)(C)CCN9CCC8(C)C)cc5)cc(-c5cccc(-c6cccc(-c7cc8cc9ccccc9cc8oc7=O)c6)c5)c4)cc(-c4cc5cc6c7c(c5oc4=O)C(C)(C)CCN7CCC6(C)C)c3)c(=O)oc2c1. The molecule has 8 heterocycles. The molecule has 516 valence electrons. The van der Waals surface area contributed by atoms with Crippen LogP contribution in [-0.4, -0.2) is 40.4 Å². The number of fused-ring (bicyclic) bond motifs is 7. The van der Waals surface area contributed by atoms with E-state index in [1.165, 1.54) is 22.5 Å². The highest BCUT2D eigenvalue weighted by Gasteiger charge is 2.44. The van der Waals surface area contributed by atoms with Crippen molar-refractivity contribution in [2.75, 3.05) is 50.2 Å². The van der Waals surface area contributed by atoms with E-state index < -0.39 is 22.5 Å². The molecule has 0 radical (unpaired) electrons. The van der Waals surface area contributed by atoms with Crippen LogP contribution in [0.1, 0.15) is 103 Å². The molecule has 0 aliphatic carbocycles. The van der Waals surface area contributed by atoms with Crippen molar-refractivity contribution in [3.63, 3.8) is 0 Å². The van der Waals surface area contributed by atoms with Crippen LogP contribution in [0, 0.1) is 0 Å². The molecule has 4 aliphatic rings. The first-order valence-corrected chi connectivity index (χ1v) is 36.1. The topological polar surface area (TPSA) is 146 Å². The van der Waals surface area contributed by atoms with Crippen LogP contribution in [-0.2, 0) is 21.7 Å². The molecule has 12 nitrogen and oxygen atoms in total. The molecule has 0 saturated heterocycles. The molecule has 12 heteroatoms. The van der Waals surface area contributed by atoms with Crippen molar-refractivity contribution in [1.82, 2.24) is 0 Å². The van der Waals surface area contributed by atoms with Crippen LogP contribution in [0.4, 0.5) is 11.4 Å². The molecule has 14 aromatic rings. The van der Waals surface area contributed by atoms with E-state index in [0.29, 0.717) is 67.0 Å². The van der Waals surface area contributed by atoms with E-state index >= 15 is 4.79 Å². The number of benzene rings is 10. The Kier molecular flexibility index (Phi) is 14.6. The first-order chi connectivity index (χ1) is 50.0. The highest BCUT2D eigenvalue weighted by atomic mass is 16.5. The average Bonchev–Trinajstić information content (AvgIpc) is 0.713. The first kappa shape index (κ1) is 64.6. The first-order valence-electron chi connectivity index (χ1n) is 36.1. The third-order valence-corrected chi connectivity index (χ3v) is 23.4. The van der Waals surface area contributed by atoms with Crippen LogP contribution in [0.2, 0.25) is 0 Å². The Bertz CT molecular complexity index is 6270. The van der Waals surface area contributed by atoms with Gasteiger partial charge in [0, 0.05) is 77.0 Å². The zero-order valence-electron chi connectivity index (χ0n) is 60.1. The summed E-state index contributed by atoms with van der Waals surface area (Å²) in [5, 5.41) is 5.17. The third kappa shape index (κ3) is 10.6. The maximum absolute atomic E-state index is 15.3. The van der Waals surface area contributed by atoms with Gasteiger partial charge in [-0.25, -0.2) is 19.2 Å². The number of ether oxygens (including phenoxy) is 2. The molecular weight excluding hydrogens is 1290 g/mol.